The van der Waals surface area contributed by atoms with Crippen molar-refractivity contribution in [3.05, 3.63) is 89.5 Å². The average Bonchev–Trinajstić information content (AvgIpc) is 2.85. The summed E-state index contributed by atoms with van der Waals surface area (Å²) in [5.41, 5.74) is 4.63. The van der Waals surface area contributed by atoms with Crippen molar-refractivity contribution in [2.75, 3.05) is 30.0 Å². The third kappa shape index (κ3) is 6.29. The van der Waals surface area contributed by atoms with Crippen LogP contribution in [-0.2, 0) is 9.59 Å². The second kappa shape index (κ2) is 10.9. The van der Waals surface area contributed by atoms with Crippen LogP contribution in [0.1, 0.15) is 36.5 Å². The van der Waals surface area contributed by atoms with Crippen LogP contribution in [0.25, 0.3) is 6.08 Å². The largest absolute Gasteiger partial charge is 0.492 e. The van der Waals surface area contributed by atoms with Gasteiger partial charge in [-0.25, -0.2) is 0 Å². The molecular weight excluding hydrogens is 440 g/mol. The lowest BCUT2D eigenvalue weighted by atomic mass is 10.0. The fraction of sp³-hybridized carbons (Fsp3) is 0.241. The Kier molecular flexibility index (Phi) is 7.51. The lowest BCUT2D eigenvalue weighted by Gasteiger charge is -2.29. The molecule has 0 aliphatic carbocycles. The summed E-state index contributed by atoms with van der Waals surface area (Å²) in [7, 11) is 0. The molecule has 180 valence electrons. The van der Waals surface area contributed by atoms with E-state index in [1.165, 1.54) is 11.6 Å². The zero-order valence-electron chi connectivity index (χ0n) is 20.3. The molecule has 6 nitrogen and oxygen atoms in total. The van der Waals surface area contributed by atoms with Crippen molar-refractivity contribution in [2.45, 2.75) is 26.7 Å². The molecule has 0 atom stereocenters. The number of amides is 2. The minimum absolute atomic E-state index is 0.0544. The minimum Gasteiger partial charge on any atom is -0.492 e. The van der Waals surface area contributed by atoms with E-state index >= 15 is 0 Å². The number of fused-ring (bicyclic) bond motifs is 1. The maximum Gasteiger partial charge on any atom is 0.265 e. The molecule has 1 aliphatic heterocycles. The van der Waals surface area contributed by atoms with Crippen LogP contribution < -0.4 is 19.7 Å². The standard InChI is InChI=1S/C29H30N2O4/c1-20(2)23-9-6-22(7-10-23)8-15-28(32)30-24-11-14-26-27(18-24)35-19-29(33)31(26)16-17-34-25-12-4-21(3)5-13-25/h4-15,18,20H,16-17,19H2,1-3H3,(H,30,32)/b15-8+. The molecule has 6 heteroatoms. The Hall–Kier alpha value is -4.06. The summed E-state index contributed by atoms with van der Waals surface area (Å²) in [5, 5.41) is 2.85. The van der Waals surface area contributed by atoms with Gasteiger partial charge in [0, 0.05) is 17.8 Å². The van der Waals surface area contributed by atoms with Crippen LogP contribution in [0, 0.1) is 6.92 Å². The summed E-state index contributed by atoms with van der Waals surface area (Å²) in [6.45, 7) is 7.01. The number of hydrogen-bond donors (Lipinski definition) is 1. The molecule has 1 N–H and O–H groups in total. The van der Waals surface area contributed by atoms with Crippen LogP contribution in [0.15, 0.2) is 72.8 Å². The average molecular weight is 471 g/mol. The molecule has 1 heterocycles. The van der Waals surface area contributed by atoms with E-state index < -0.39 is 0 Å². The number of carbonyl (C=O) groups is 2. The highest BCUT2D eigenvalue weighted by atomic mass is 16.5. The van der Waals surface area contributed by atoms with Crippen LogP contribution in [-0.4, -0.2) is 31.6 Å². The van der Waals surface area contributed by atoms with Gasteiger partial charge in [0.1, 0.15) is 18.1 Å². The van der Waals surface area contributed by atoms with Gasteiger partial charge < -0.3 is 19.7 Å². The Balaban J connectivity index is 1.36. The quantitative estimate of drug-likeness (QED) is 0.437. The van der Waals surface area contributed by atoms with Gasteiger partial charge in [0.2, 0.25) is 5.91 Å². The van der Waals surface area contributed by atoms with Crippen LogP contribution in [0.3, 0.4) is 0 Å². The number of benzene rings is 3. The van der Waals surface area contributed by atoms with Gasteiger partial charge in [0.15, 0.2) is 6.61 Å². The molecule has 3 aromatic rings. The Morgan fingerprint density at radius 1 is 1.09 bits per heavy atom. The number of hydrogen-bond acceptors (Lipinski definition) is 4. The van der Waals surface area contributed by atoms with E-state index in [1.54, 1.807) is 29.2 Å². The molecule has 0 saturated heterocycles. The Morgan fingerprint density at radius 2 is 1.83 bits per heavy atom. The molecular formula is C29H30N2O4. The highest BCUT2D eigenvalue weighted by Crippen LogP contribution is 2.34. The number of nitrogens with zero attached hydrogens (tertiary/aromatic N) is 1. The third-order valence-corrected chi connectivity index (χ3v) is 5.81. The summed E-state index contributed by atoms with van der Waals surface area (Å²) in [6.07, 6.45) is 3.28. The second-order valence-corrected chi connectivity index (χ2v) is 8.82. The summed E-state index contributed by atoms with van der Waals surface area (Å²) in [4.78, 5) is 26.5. The topological polar surface area (TPSA) is 67.9 Å². The highest BCUT2D eigenvalue weighted by Gasteiger charge is 2.25. The summed E-state index contributed by atoms with van der Waals surface area (Å²) in [5.74, 6) is 1.40. The van der Waals surface area contributed by atoms with E-state index in [0.29, 0.717) is 36.2 Å². The predicted octanol–water partition coefficient (Wildman–Crippen LogP) is 5.57. The number of carbonyl (C=O) groups excluding carboxylic acids is 2. The maximum absolute atomic E-state index is 12.5. The Labute approximate surface area is 206 Å². The number of rotatable bonds is 8. The van der Waals surface area contributed by atoms with Gasteiger partial charge >= 0.3 is 0 Å². The highest BCUT2D eigenvalue weighted by molar-refractivity contribution is 6.03. The van der Waals surface area contributed by atoms with Gasteiger partial charge in [-0.2, -0.15) is 0 Å². The first-order chi connectivity index (χ1) is 16.9. The molecule has 4 rings (SSSR count). The molecule has 0 fully saturated rings. The lowest BCUT2D eigenvalue weighted by Crippen LogP contribution is -2.41. The summed E-state index contributed by atoms with van der Waals surface area (Å²) >= 11 is 0. The SMILES string of the molecule is Cc1ccc(OCCN2C(=O)COc3cc(NC(=O)/C=C/c4ccc(C(C)C)cc4)ccc32)cc1. The van der Waals surface area contributed by atoms with Crippen molar-refractivity contribution in [2.24, 2.45) is 0 Å². The van der Waals surface area contributed by atoms with Gasteiger partial charge in [0.05, 0.1) is 12.2 Å². The third-order valence-electron chi connectivity index (χ3n) is 5.81. The van der Waals surface area contributed by atoms with Gasteiger partial charge in [-0.15, -0.1) is 0 Å². The van der Waals surface area contributed by atoms with E-state index in [9.17, 15) is 9.59 Å². The van der Waals surface area contributed by atoms with Crippen LogP contribution in [0.5, 0.6) is 11.5 Å². The fourth-order valence-corrected chi connectivity index (χ4v) is 3.76. The molecule has 0 aromatic heterocycles. The van der Waals surface area contributed by atoms with Crippen molar-refractivity contribution in [1.82, 2.24) is 0 Å². The van der Waals surface area contributed by atoms with E-state index in [1.807, 2.05) is 43.3 Å². The van der Waals surface area contributed by atoms with Crippen molar-refractivity contribution in [1.29, 1.82) is 0 Å². The Bertz CT molecular complexity index is 1210. The van der Waals surface area contributed by atoms with Crippen molar-refractivity contribution in [3.63, 3.8) is 0 Å². The van der Waals surface area contributed by atoms with Gasteiger partial charge in [0.25, 0.3) is 5.91 Å². The monoisotopic (exact) mass is 470 g/mol. The van der Waals surface area contributed by atoms with E-state index in [0.717, 1.165) is 16.9 Å². The molecule has 0 saturated carbocycles. The number of anilines is 2. The van der Waals surface area contributed by atoms with Crippen LogP contribution in [0.2, 0.25) is 0 Å². The zero-order chi connectivity index (χ0) is 24.8. The normalized spacial score (nSPS) is 13.0. The molecule has 3 aromatic carbocycles. The van der Waals surface area contributed by atoms with Crippen LogP contribution >= 0.6 is 0 Å². The first-order valence-corrected chi connectivity index (χ1v) is 11.7. The molecule has 35 heavy (non-hydrogen) atoms. The fourth-order valence-electron chi connectivity index (χ4n) is 3.76. The van der Waals surface area contributed by atoms with Gasteiger partial charge in [-0.05, 0) is 54.3 Å². The second-order valence-electron chi connectivity index (χ2n) is 8.82. The first kappa shape index (κ1) is 24.1. The van der Waals surface area contributed by atoms with Crippen molar-refractivity contribution < 1.29 is 19.1 Å². The molecule has 1 aliphatic rings. The molecule has 0 radical (unpaired) electrons. The zero-order valence-corrected chi connectivity index (χ0v) is 20.3. The van der Waals surface area contributed by atoms with E-state index in [2.05, 4.69) is 31.3 Å². The molecule has 0 unspecified atom stereocenters. The van der Waals surface area contributed by atoms with Gasteiger partial charge in [-0.3, -0.25) is 9.59 Å². The maximum atomic E-state index is 12.5. The van der Waals surface area contributed by atoms with Gasteiger partial charge in [-0.1, -0.05) is 55.8 Å². The Morgan fingerprint density at radius 3 is 2.54 bits per heavy atom. The van der Waals surface area contributed by atoms with Crippen LogP contribution in [0.4, 0.5) is 11.4 Å². The number of ether oxygens (including phenoxy) is 2. The predicted molar refractivity (Wildman–Crippen MR) is 139 cm³/mol. The summed E-state index contributed by atoms with van der Waals surface area (Å²) < 4.78 is 11.4. The molecule has 2 amide bonds. The first-order valence-electron chi connectivity index (χ1n) is 11.7. The number of aryl methyl sites for hydroxylation is 1. The lowest BCUT2D eigenvalue weighted by molar-refractivity contribution is -0.121. The van der Waals surface area contributed by atoms with E-state index in [-0.39, 0.29) is 18.4 Å². The van der Waals surface area contributed by atoms with Crippen molar-refractivity contribution in [3.8, 4) is 11.5 Å². The summed E-state index contributed by atoms with van der Waals surface area (Å²) in [6, 6.07) is 21.2. The van der Waals surface area contributed by atoms with Crippen molar-refractivity contribution >= 4 is 29.3 Å². The molecule has 0 spiro atoms. The van der Waals surface area contributed by atoms with E-state index in [4.69, 9.17) is 9.47 Å². The number of nitrogens with one attached hydrogen (secondary N) is 1. The smallest absolute Gasteiger partial charge is 0.265 e. The molecule has 0 bridgehead atoms. The minimum atomic E-state index is -0.242.